The first-order chi connectivity index (χ1) is 36.5. The van der Waals surface area contributed by atoms with E-state index in [1.807, 2.05) is 0 Å². The van der Waals surface area contributed by atoms with E-state index in [0.717, 1.165) is 116 Å². The molecule has 428 valence electrons. The van der Waals surface area contributed by atoms with Gasteiger partial charge in [0.2, 0.25) is 0 Å². The number of esters is 3. The smallest absolute Gasteiger partial charge is 0.306 e. The van der Waals surface area contributed by atoms with Gasteiger partial charge in [-0.05, 0) is 83.5 Å². The van der Waals surface area contributed by atoms with Gasteiger partial charge in [0, 0.05) is 19.3 Å². The van der Waals surface area contributed by atoms with Gasteiger partial charge in [-0.25, -0.2) is 0 Å². The molecule has 0 aromatic carbocycles. The molecule has 0 aliphatic rings. The lowest BCUT2D eigenvalue weighted by Crippen LogP contribution is -2.30. The highest BCUT2D eigenvalue weighted by Crippen LogP contribution is 2.17. The van der Waals surface area contributed by atoms with Gasteiger partial charge in [-0.3, -0.25) is 14.4 Å². The predicted octanol–water partition coefficient (Wildman–Crippen LogP) is 21.7. The van der Waals surface area contributed by atoms with Crippen molar-refractivity contribution in [3.05, 3.63) is 72.9 Å². The Labute approximate surface area is 459 Å². The number of ether oxygens (including phenoxy) is 3. The third-order valence-electron chi connectivity index (χ3n) is 13.9. The Morgan fingerprint density at radius 1 is 0.284 bits per heavy atom. The summed E-state index contributed by atoms with van der Waals surface area (Å²) in [5, 5.41) is 0. The van der Waals surface area contributed by atoms with Crippen LogP contribution in [-0.2, 0) is 28.6 Å². The topological polar surface area (TPSA) is 78.9 Å². The van der Waals surface area contributed by atoms with Crippen molar-refractivity contribution in [2.24, 2.45) is 0 Å². The van der Waals surface area contributed by atoms with E-state index in [-0.39, 0.29) is 31.1 Å². The lowest BCUT2D eigenvalue weighted by Gasteiger charge is -2.18. The second-order valence-corrected chi connectivity index (χ2v) is 21.3. The van der Waals surface area contributed by atoms with Crippen LogP contribution in [0.15, 0.2) is 72.9 Å². The fourth-order valence-electron chi connectivity index (χ4n) is 9.18. The van der Waals surface area contributed by atoms with Crippen LogP contribution in [0.1, 0.15) is 323 Å². The van der Waals surface area contributed by atoms with Gasteiger partial charge in [0.1, 0.15) is 13.2 Å². The monoisotopic (exact) mass is 1030 g/mol. The minimum absolute atomic E-state index is 0.0761. The second-order valence-electron chi connectivity index (χ2n) is 21.3. The van der Waals surface area contributed by atoms with Crippen LogP contribution < -0.4 is 0 Å². The van der Waals surface area contributed by atoms with E-state index in [1.165, 1.54) is 167 Å². The molecule has 0 aliphatic heterocycles. The van der Waals surface area contributed by atoms with Crippen molar-refractivity contribution in [3.63, 3.8) is 0 Å². The summed E-state index contributed by atoms with van der Waals surface area (Å²) in [4.78, 5) is 38.2. The van der Waals surface area contributed by atoms with Gasteiger partial charge >= 0.3 is 17.9 Å². The molecule has 0 spiro atoms. The molecule has 6 heteroatoms. The van der Waals surface area contributed by atoms with E-state index in [2.05, 4.69) is 93.7 Å². The Morgan fingerprint density at radius 2 is 0.554 bits per heavy atom. The van der Waals surface area contributed by atoms with Crippen molar-refractivity contribution in [1.82, 2.24) is 0 Å². The second kappa shape index (κ2) is 62.4. The molecule has 0 amide bonds. The SMILES string of the molecule is CC/C=C\C/C=C\C/C=C\C/C=C\CCCCCCCCCCCCCCCCCCCCC(=O)OCC(COC(=O)CCCCCCCCCCCCCC)OC(=O)CCCCCCC/C=C\C/C=C\CCC. The summed E-state index contributed by atoms with van der Waals surface area (Å²) in [6, 6.07) is 0. The highest BCUT2D eigenvalue weighted by molar-refractivity contribution is 5.71. The molecule has 0 heterocycles. The average Bonchev–Trinajstić information content (AvgIpc) is 3.40. The molecule has 1 unspecified atom stereocenters. The standard InChI is InChI=1S/C68H120O6/c1-4-7-10-13-16-19-22-25-26-27-28-29-30-31-32-33-34-35-36-37-38-39-40-41-42-44-46-49-52-55-58-61-67(70)73-64-65(63-72-66(69)60-57-54-51-48-45-24-21-18-15-12-9-6-3)74-68(71)62-59-56-53-50-47-43-23-20-17-14-11-8-5-2/h7,10-11,14,16,19-20,23,25-26,28-29,65H,4-6,8-9,12-13,15,17-18,21-22,24,27,30-64H2,1-3H3/b10-7-,14-11-,19-16-,23-20-,26-25-,29-28-. The van der Waals surface area contributed by atoms with Crippen molar-refractivity contribution < 1.29 is 28.6 Å². The van der Waals surface area contributed by atoms with Gasteiger partial charge in [0.15, 0.2) is 6.10 Å². The minimum Gasteiger partial charge on any atom is -0.462 e. The number of carbonyl (C=O) groups excluding carboxylic acids is 3. The Balaban J connectivity index is 4.11. The summed E-state index contributed by atoms with van der Waals surface area (Å²) in [6.45, 7) is 6.48. The predicted molar refractivity (Wildman–Crippen MR) is 321 cm³/mol. The van der Waals surface area contributed by atoms with Crippen LogP contribution in [0.3, 0.4) is 0 Å². The highest BCUT2D eigenvalue weighted by atomic mass is 16.6. The van der Waals surface area contributed by atoms with E-state index in [4.69, 9.17) is 14.2 Å². The van der Waals surface area contributed by atoms with E-state index in [0.29, 0.717) is 19.3 Å². The van der Waals surface area contributed by atoms with Crippen molar-refractivity contribution in [3.8, 4) is 0 Å². The van der Waals surface area contributed by atoms with E-state index in [9.17, 15) is 14.4 Å². The van der Waals surface area contributed by atoms with Crippen LogP contribution in [0.4, 0.5) is 0 Å². The van der Waals surface area contributed by atoms with Gasteiger partial charge < -0.3 is 14.2 Å². The molecule has 1 atom stereocenters. The van der Waals surface area contributed by atoms with Crippen LogP contribution >= 0.6 is 0 Å². The first-order valence-electron chi connectivity index (χ1n) is 31.9. The van der Waals surface area contributed by atoms with Crippen molar-refractivity contribution in [2.45, 2.75) is 329 Å². The summed E-state index contributed by atoms with van der Waals surface area (Å²) >= 11 is 0. The number of allylic oxidation sites excluding steroid dienone is 12. The van der Waals surface area contributed by atoms with E-state index >= 15 is 0 Å². The molecule has 0 rings (SSSR count). The van der Waals surface area contributed by atoms with Gasteiger partial charge in [-0.15, -0.1) is 0 Å². The molecule has 0 radical (unpaired) electrons. The van der Waals surface area contributed by atoms with Crippen molar-refractivity contribution in [2.75, 3.05) is 13.2 Å². The van der Waals surface area contributed by atoms with Gasteiger partial charge in [0.05, 0.1) is 0 Å². The zero-order valence-electron chi connectivity index (χ0n) is 49.1. The maximum absolute atomic E-state index is 12.8. The molecular formula is C68H120O6. The minimum atomic E-state index is -0.778. The molecular weight excluding hydrogens is 913 g/mol. The number of hydrogen-bond acceptors (Lipinski definition) is 6. The third-order valence-corrected chi connectivity index (χ3v) is 13.9. The van der Waals surface area contributed by atoms with Crippen molar-refractivity contribution >= 4 is 17.9 Å². The third kappa shape index (κ3) is 59.7. The Morgan fingerprint density at radius 3 is 0.878 bits per heavy atom. The number of hydrogen-bond donors (Lipinski definition) is 0. The van der Waals surface area contributed by atoms with Crippen molar-refractivity contribution in [1.29, 1.82) is 0 Å². The molecule has 74 heavy (non-hydrogen) atoms. The highest BCUT2D eigenvalue weighted by Gasteiger charge is 2.19. The fourth-order valence-corrected chi connectivity index (χ4v) is 9.18. The number of rotatable bonds is 58. The number of carbonyl (C=O) groups is 3. The Hall–Kier alpha value is -3.15. The summed E-state index contributed by atoms with van der Waals surface area (Å²) < 4.78 is 16.9. The molecule has 0 aromatic rings. The summed E-state index contributed by atoms with van der Waals surface area (Å²) in [5.41, 5.74) is 0. The van der Waals surface area contributed by atoms with Gasteiger partial charge in [-0.2, -0.15) is 0 Å². The zero-order valence-corrected chi connectivity index (χ0v) is 49.1. The molecule has 0 saturated carbocycles. The largest absolute Gasteiger partial charge is 0.462 e. The summed E-state index contributed by atoms with van der Waals surface area (Å²) in [6.07, 6.45) is 80.7. The molecule has 0 saturated heterocycles. The van der Waals surface area contributed by atoms with E-state index < -0.39 is 6.10 Å². The lowest BCUT2D eigenvalue weighted by atomic mass is 10.0. The quantitative estimate of drug-likeness (QED) is 0.0261. The van der Waals surface area contributed by atoms with Crippen LogP contribution in [0.25, 0.3) is 0 Å². The normalized spacial score (nSPS) is 12.5. The van der Waals surface area contributed by atoms with Crippen LogP contribution in [-0.4, -0.2) is 37.2 Å². The van der Waals surface area contributed by atoms with Gasteiger partial charge in [-0.1, -0.05) is 293 Å². The van der Waals surface area contributed by atoms with Crippen LogP contribution in [0.5, 0.6) is 0 Å². The van der Waals surface area contributed by atoms with Crippen LogP contribution in [0.2, 0.25) is 0 Å². The number of unbranched alkanes of at least 4 members (excludes halogenated alkanes) is 35. The molecule has 0 aliphatic carbocycles. The van der Waals surface area contributed by atoms with E-state index in [1.54, 1.807) is 0 Å². The first kappa shape index (κ1) is 70.8. The van der Waals surface area contributed by atoms with Gasteiger partial charge in [0.25, 0.3) is 0 Å². The molecule has 0 N–H and O–H groups in total. The average molecular weight is 1030 g/mol. The summed E-state index contributed by atoms with van der Waals surface area (Å²) in [5.74, 6) is -0.876. The first-order valence-corrected chi connectivity index (χ1v) is 31.9. The zero-order chi connectivity index (χ0) is 53.6. The molecule has 6 nitrogen and oxygen atoms in total. The lowest BCUT2D eigenvalue weighted by molar-refractivity contribution is -0.167. The maximum Gasteiger partial charge on any atom is 0.306 e. The molecule has 0 bridgehead atoms. The molecule has 0 aromatic heterocycles. The fraction of sp³-hybridized carbons (Fsp3) is 0.779. The summed E-state index contributed by atoms with van der Waals surface area (Å²) in [7, 11) is 0. The molecule has 0 fully saturated rings. The Kier molecular flexibility index (Phi) is 59.7. The maximum atomic E-state index is 12.8. The Bertz CT molecular complexity index is 1370. The van der Waals surface area contributed by atoms with Crippen LogP contribution in [0, 0.1) is 0 Å².